The van der Waals surface area contributed by atoms with Crippen molar-refractivity contribution in [1.82, 2.24) is 14.8 Å². The maximum absolute atomic E-state index is 15.7. The summed E-state index contributed by atoms with van der Waals surface area (Å²) in [5.41, 5.74) is 1.53. The molecule has 0 fully saturated rings. The summed E-state index contributed by atoms with van der Waals surface area (Å²) in [6, 6.07) is 8.68. The molecule has 0 bridgehead atoms. The molecule has 10 heteroatoms. The van der Waals surface area contributed by atoms with Gasteiger partial charge in [-0.3, -0.25) is 14.1 Å². The van der Waals surface area contributed by atoms with Crippen LogP contribution in [0.3, 0.4) is 0 Å². The number of fused-ring (bicyclic) bond motifs is 3. The number of carboxylic acids is 1. The molecule has 6 nitrogen and oxygen atoms in total. The summed E-state index contributed by atoms with van der Waals surface area (Å²) in [5, 5.41) is 10.6. The zero-order valence-corrected chi connectivity index (χ0v) is 22.4. The lowest BCUT2D eigenvalue weighted by atomic mass is 9.85. The number of hydrogen-bond acceptors (Lipinski definition) is 4. The van der Waals surface area contributed by atoms with Crippen LogP contribution in [0.2, 0.25) is 0 Å². The Morgan fingerprint density at radius 3 is 2.67 bits per heavy atom. The average Bonchev–Trinajstić information content (AvgIpc) is 3.26. The summed E-state index contributed by atoms with van der Waals surface area (Å²) in [7, 11) is 1.78. The molecule has 2 aromatic carbocycles. The first-order valence-electron chi connectivity index (χ1n) is 13.2. The van der Waals surface area contributed by atoms with Gasteiger partial charge in [-0.1, -0.05) is 25.1 Å². The van der Waals surface area contributed by atoms with Gasteiger partial charge in [-0.25, -0.2) is 13.2 Å². The lowest BCUT2D eigenvalue weighted by molar-refractivity contribution is -0.142. The molecule has 0 radical (unpaired) electrons. The summed E-state index contributed by atoms with van der Waals surface area (Å²) < 4.78 is 63.5. The second-order valence-corrected chi connectivity index (χ2v) is 10.3. The summed E-state index contributed by atoms with van der Waals surface area (Å²) in [6.07, 6.45) is -2.13. The van der Waals surface area contributed by atoms with Gasteiger partial charge >= 0.3 is 5.97 Å². The number of aromatic nitrogens is 1. The molecule has 212 valence electrons. The Hall–Kier alpha value is -3.11. The third-order valence-electron chi connectivity index (χ3n) is 7.51. The lowest BCUT2D eigenvalue weighted by Crippen LogP contribution is -2.46. The fourth-order valence-corrected chi connectivity index (χ4v) is 5.47. The third-order valence-corrected chi connectivity index (χ3v) is 7.51. The number of carbonyl (C=O) groups is 1. The van der Waals surface area contributed by atoms with E-state index in [0.29, 0.717) is 31.6 Å². The van der Waals surface area contributed by atoms with E-state index in [1.54, 1.807) is 18.9 Å². The summed E-state index contributed by atoms with van der Waals surface area (Å²) in [6.45, 7) is 3.99. The number of likely N-dealkylation sites (N-methyl/N-ethyl adjacent to an activating group) is 1. The minimum Gasteiger partial charge on any atom is -0.492 e. The van der Waals surface area contributed by atoms with E-state index in [2.05, 4.69) is 4.98 Å². The number of halogens is 4. The maximum atomic E-state index is 15.7. The number of nitrogens with zero attached hydrogens (tertiary/aromatic N) is 2. The van der Waals surface area contributed by atoms with E-state index in [9.17, 15) is 23.1 Å². The van der Waals surface area contributed by atoms with Crippen molar-refractivity contribution in [1.29, 1.82) is 0 Å². The number of aromatic amines is 1. The molecule has 0 saturated heterocycles. The molecule has 0 amide bonds. The van der Waals surface area contributed by atoms with Gasteiger partial charge in [0.2, 0.25) is 0 Å². The van der Waals surface area contributed by atoms with Crippen molar-refractivity contribution in [2.24, 2.45) is 5.92 Å². The fourth-order valence-electron chi connectivity index (χ4n) is 5.47. The van der Waals surface area contributed by atoms with Crippen LogP contribution in [0.15, 0.2) is 36.4 Å². The second kappa shape index (κ2) is 12.4. The van der Waals surface area contributed by atoms with Gasteiger partial charge in [-0.05, 0) is 50.6 Å². The minimum absolute atomic E-state index is 0.0442. The van der Waals surface area contributed by atoms with Crippen molar-refractivity contribution in [2.45, 2.75) is 45.2 Å². The molecular weight excluding hydrogens is 514 g/mol. The number of para-hydroxylation sites is 1. The topological polar surface area (TPSA) is 68.8 Å². The normalized spacial score (nSPS) is 18.6. The van der Waals surface area contributed by atoms with E-state index in [0.717, 1.165) is 22.5 Å². The van der Waals surface area contributed by atoms with Gasteiger partial charge in [0.05, 0.1) is 24.2 Å². The first-order chi connectivity index (χ1) is 18.6. The summed E-state index contributed by atoms with van der Waals surface area (Å²) in [4.78, 5) is 18.7. The average molecular weight is 550 g/mol. The predicted octanol–water partition coefficient (Wildman–Crippen LogP) is 5.97. The van der Waals surface area contributed by atoms with Crippen LogP contribution >= 0.6 is 0 Å². The number of carboxylic acid groups (broad SMARTS) is 1. The van der Waals surface area contributed by atoms with Crippen molar-refractivity contribution in [3.05, 3.63) is 64.6 Å². The Morgan fingerprint density at radius 2 is 1.97 bits per heavy atom. The number of rotatable bonds is 12. The summed E-state index contributed by atoms with van der Waals surface area (Å²) in [5.74, 6) is -2.76. The molecule has 3 aromatic rings. The van der Waals surface area contributed by atoms with Crippen LogP contribution in [0.5, 0.6) is 5.75 Å². The zero-order valence-electron chi connectivity index (χ0n) is 22.4. The number of hydrogen-bond donors (Lipinski definition) is 2. The molecule has 0 spiro atoms. The first-order valence-corrected chi connectivity index (χ1v) is 13.2. The Labute approximate surface area is 225 Å². The Morgan fingerprint density at radius 1 is 1.23 bits per heavy atom. The van der Waals surface area contributed by atoms with Gasteiger partial charge in [0.15, 0.2) is 0 Å². The van der Waals surface area contributed by atoms with E-state index >= 15 is 4.39 Å². The third kappa shape index (κ3) is 6.06. The van der Waals surface area contributed by atoms with Crippen LogP contribution in [-0.2, 0) is 11.2 Å². The molecule has 2 N–H and O–H groups in total. The fraction of sp³-hybridized carbons (Fsp3) is 0.483. The largest absolute Gasteiger partial charge is 0.492 e. The lowest BCUT2D eigenvalue weighted by Gasteiger charge is -2.42. The van der Waals surface area contributed by atoms with Gasteiger partial charge in [-0.15, -0.1) is 0 Å². The number of H-pyrrole nitrogens is 1. The van der Waals surface area contributed by atoms with Gasteiger partial charge in [0, 0.05) is 47.8 Å². The molecule has 0 aliphatic carbocycles. The van der Waals surface area contributed by atoms with Crippen LogP contribution in [0, 0.1) is 11.7 Å². The number of aliphatic carboxylic acids is 1. The van der Waals surface area contributed by atoms with E-state index in [1.807, 2.05) is 36.1 Å². The van der Waals surface area contributed by atoms with Crippen LogP contribution in [-0.4, -0.2) is 71.9 Å². The Bertz CT molecular complexity index is 1300. The van der Waals surface area contributed by atoms with Crippen LogP contribution in [0.1, 0.15) is 55.1 Å². The van der Waals surface area contributed by atoms with E-state index in [4.69, 9.17) is 4.74 Å². The van der Waals surface area contributed by atoms with Crippen molar-refractivity contribution in [3.8, 4) is 5.75 Å². The van der Waals surface area contributed by atoms with Crippen molar-refractivity contribution in [3.63, 3.8) is 0 Å². The molecule has 3 atom stereocenters. The van der Waals surface area contributed by atoms with E-state index in [1.165, 1.54) is 6.07 Å². The smallest absolute Gasteiger partial charge is 0.307 e. The number of alkyl halides is 3. The second-order valence-electron chi connectivity index (χ2n) is 10.3. The van der Waals surface area contributed by atoms with Crippen molar-refractivity contribution < 1.29 is 32.2 Å². The molecule has 0 saturated carbocycles. The Balaban J connectivity index is 1.82. The standard InChI is InChI=1S/C29H35F4N3O3/c1-17(29(37)38)16-36-18(2)15-20-19-7-4-5-8-22(19)34-26(20)27(36)24-21(31)9-10-23(25(24)28(32)33)39-14-13-35(3)12-6-11-30/h4-5,7-10,17-18,27-28,34H,6,11-16H2,1-3H3,(H,37,38)/t17?,18-,27-/m1/s1. The highest BCUT2D eigenvalue weighted by Gasteiger charge is 2.41. The molecule has 1 aliphatic rings. The predicted molar refractivity (Wildman–Crippen MR) is 142 cm³/mol. The van der Waals surface area contributed by atoms with Crippen LogP contribution < -0.4 is 4.74 Å². The molecule has 39 heavy (non-hydrogen) atoms. The monoisotopic (exact) mass is 549 g/mol. The van der Waals surface area contributed by atoms with Gasteiger partial charge < -0.3 is 19.7 Å². The summed E-state index contributed by atoms with van der Waals surface area (Å²) >= 11 is 0. The number of ether oxygens (including phenoxy) is 1. The molecule has 1 aromatic heterocycles. The van der Waals surface area contributed by atoms with Crippen molar-refractivity contribution in [2.75, 3.05) is 40.0 Å². The van der Waals surface area contributed by atoms with Gasteiger partial charge in [-0.2, -0.15) is 0 Å². The highest BCUT2D eigenvalue weighted by molar-refractivity contribution is 5.85. The van der Waals surface area contributed by atoms with E-state index in [-0.39, 0.29) is 30.5 Å². The molecular formula is C29H35F4N3O3. The van der Waals surface area contributed by atoms with Crippen LogP contribution in [0.4, 0.5) is 17.6 Å². The number of benzene rings is 2. The van der Waals surface area contributed by atoms with Crippen molar-refractivity contribution >= 4 is 16.9 Å². The van der Waals surface area contributed by atoms with Crippen LogP contribution in [0.25, 0.3) is 10.9 Å². The molecule has 1 unspecified atom stereocenters. The SMILES string of the molecule is CC(CN1[C@H](c2c(F)ccc(OCCN(C)CCCF)c2C(F)F)c2[nH]c3ccccc3c2C[C@H]1C)C(=O)O. The quantitative estimate of drug-likeness (QED) is 0.273. The minimum atomic E-state index is -3.04. The van der Waals surface area contributed by atoms with E-state index < -0.39 is 42.4 Å². The highest BCUT2D eigenvalue weighted by Crippen LogP contribution is 2.46. The number of nitrogens with one attached hydrogen (secondary N) is 1. The molecule has 1 aliphatic heterocycles. The Kier molecular flexibility index (Phi) is 9.17. The molecule has 4 rings (SSSR count). The van der Waals surface area contributed by atoms with Gasteiger partial charge in [0.1, 0.15) is 18.2 Å². The first kappa shape index (κ1) is 28.9. The maximum Gasteiger partial charge on any atom is 0.307 e. The van der Waals surface area contributed by atoms with Gasteiger partial charge in [0.25, 0.3) is 6.43 Å². The molecule has 2 heterocycles. The zero-order chi connectivity index (χ0) is 28.3. The highest BCUT2D eigenvalue weighted by atomic mass is 19.3.